The van der Waals surface area contributed by atoms with Gasteiger partial charge in [-0.3, -0.25) is 9.10 Å². The van der Waals surface area contributed by atoms with Crippen LogP contribution >= 0.6 is 0 Å². The molecule has 1 atom stereocenters. The van der Waals surface area contributed by atoms with Crippen molar-refractivity contribution >= 4 is 27.3 Å². The number of hydrogen-bond acceptors (Lipinski definition) is 5. The van der Waals surface area contributed by atoms with Crippen LogP contribution in [0.25, 0.3) is 0 Å². The lowest BCUT2D eigenvalue weighted by Crippen LogP contribution is -2.51. The molecule has 0 aromatic heterocycles. The van der Waals surface area contributed by atoms with Crippen LogP contribution in [-0.2, 0) is 14.8 Å². The summed E-state index contributed by atoms with van der Waals surface area (Å²) < 4.78 is 32.0. The van der Waals surface area contributed by atoms with Crippen molar-refractivity contribution in [2.24, 2.45) is 0 Å². The summed E-state index contributed by atoms with van der Waals surface area (Å²) in [5.41, 5.74) is 1.59. The van der Waals surface area contributed by atoms with Gasteiger partial charge in [0.2, 0.25) is 10.0 Å². The van der Waals surface area contributed by atoms with Crippen LogP contribution in [0.4, 0.5) is 11.4 Å². The topological polar surface area (TPSA) is 79.0 Å². The first-order chi connectivity index (χ1) is 13.9. The number of carbonyl (C=O) groups excluding carboxylic acids is 1. The van der Waals surface area contributed by atoms with Gasteiger partial charge >= 0.3 is 0 Å². The normalized spacial score (nSPS) is 15.9. The Morgan fingerprint density at radius 2 is 1.86 bits per heavy atom. The van der Waals surface area contributed by atoms with Crippen molar-refractivity contribution in [1.82, 2.24) is 5.32 Å². The van der Waals surface area contributed by atoms with Gasteiger partial charge in [0.1, 0.15) is 5.75 Å². The average Bonchev–Trinajstić information content (AvgIpc) is 2.76. The van der Waals surface area contributed by atoms with Gasteiger partial charge in [-0.1, -0.05) is 30.3 Å². The number of para-hydroxylation sites is 3. The highest BCUT2D eigenvalue weighted by molar-refractivity contribution is 7.92. The Kier molecular flexibility index (Phi) is 6.64. The first-order valence-electron chi connectivity index (χ1n) is 9.72. The fraction of sp³-hybridized carbons (Fsp3) is 0.381. The Balaban J connectivity index is 1.57. The molecule has 0 fully saturated rings. The van der Waals surface area contributed by atoms with Crippen LogP contribution in [0.3, 0.4) is 0 Å². The Labute approximate surface area is 172 Å². The summed E-state index contributed by atoms with van der Waals surface area (Å²) in [5, 5.41) is 2.87. The van der Waals surface area contributed by atoms with E-state index in [-0.39, 0.29) is 18.2 Å². The quantitative estimate of drug-likeness (QED) is 0.667. The number of benzene rings is 2. The van der Waals surface area contributed by atoms with Crippen LogP contribution in [-0.4, -0.2) is 52.9 Å². The molecule has 1 aliphatic heterocycles. The molecule has 0 saturated carbocycles. The zero-order valence-electron chi connectivity index (χ0n) is 16.7. The van der Waals surface area contributed by atoms with Crippen molar-refractivity contribution in [3.8, 4) is 5.75 Å². The van der Waals surface area contributed by atoms with Crippen LogP contribution in [0.5, 0.6) is 5.75 Å². The molecule has 7 nitrogen and oxygen atoms in total. The van der Waals surface area contributed by atoms with Gasteiger partial charge in [0, 0.05) is 25.8 Å². The molecule has 0 aliphatic carbocycles. The molecule has 2 aromatic carbocycles. The largest absolute Gasteiger partial charge is 0.476 e. The first-order valence-corrected chi connectivity index (χ1v) is 11.3. The first kappa shape index (κ1) is 21.0. The standard InChI is InChI=1S/C21H27N3O4S/c1-3-29(26,27)24-16-20(28-19-13-8-7-12-18(19)24)21(25)22-14-9-15-23(2)17-10-5-4-6-11-17/h4-8,10-13,20H,3,9,14-16H2,1-2H3,(H,22,25)/t20-/m0/s1. The van der Waals surface area contributed by atoms with Crippen molar-refractivity contribution < 1.29 is 17.9 Å². The van der Waals surface area contributed by atoms with Gasteiger partial charge in [0.05, 0.1) is 18.0 Å². The molecule has 1 amide bonds. The third-order valence-corrected chi connectivity index (χ3v) is 6.64. The van der Waals surface area contributed by atoms with E-state index in [0.29, 0.717) is 18.0 Å². The molecular formula is C21H27N3O4S. The fourth-order valence-corrected chi connectivity index (χ4v) is 4.34. The fourth-order valence-electron chi connectivity index (χ4n) is 3.21. The van der Waals surface area contributed by atoms with Crippen molar-refractivity contribution in [3.05, 3.63) is 54.6 Å². The number of hydrogen-bond donors (Lipinski definition) is 1. The van der Waals surface area contributed by atoms with Crippen molar-refractivity contribution in [2.75, 3.05) is 41.6 Å². The van der Waals surface area contributed by atoms with Crippen LogP contribution in [0.2, 0.25) is 0 Å². The minimum Gasteiger partial charge on any atom is -0.476 e. The molecule has 29 heavy (non-hydrogen) atoms. The molecule has 156 valence electrons. The maximum Gasteiger partial charge on any atom is 0.263 e. The molecule has 0 spiro atoms. The number of fused-ring (bicyclic) bond motifs is 1. The van der Waals surface area contributed by atoms with E-state index in [2.05, 4.69) is 10.2 Å². The molecule has 0 bridgehead atoms. The second-order valence-electron chi connectivity index (χ2n) is 6.91. The third kappa shape index (κ3) is 5.00. The Bertz CT molecular complexity index is 934. The zero-order chi connectivity index (χ0) is 20.9. The predicted molar refractivity (Wildman–Crippen MR) is 115 cm³/mol. The van der Waals surface area contributed by atoms with Crippen LogP contribution in [0.1, 0.15) is 13.3 Å². The van der Waals surface area contributed by atoms with E-state index in [1.165, 1.54) is 4.31 Å². The SMILES string of the molecule is CCS(=O)(=O)N1C[C@@H](C(=O)NCCCN(C)c2ccccc2)Oc2ccccc21. The van der Waals surface area contributed by atoms with Crippen LogP contribution in [0.15, 0.2) is 54.6 Å². The zero-order valence-corrected chi connectivity index (χ0v) is 17.6. The number of nitrogens with one attached hydrogen (secondary N) is 1. The number of carbonyl (C=O) groups is 1. The maximum absolute atomic E-state index is 12.6. The molecular weight excluding hydrogens is 390 g/mol. The van der Waals surface area contributed by atoms with E-state index in [9.17, 15) is 13.2 Å². The number of anilines is 2. The molecule has 1 heterocycles. The lowest BCUT2D eigenvalue weighted by atomic mass is 10.2. The van der Waals surface area contributed by atoms with Gasteiger partial charge in [0.25, 0.3) is 5.91 Å². The third-order valence-electron chi connectivity index (χ3n) is 4.89. The van der Waals surface area contributed by atoms with Gasteiger partial charge in [-0.05, 0) is 37.6 Å². The number of ether oxygens (including phenoxy) is 1. The number of amides is 1. The highest BCUT2D eigenvalue weighted by Crippen LogP contribution is 2.35. The van der Waals surface area contributed by atoms with E-state index < -0.39 is 16.1 Å². The van der Waals surface area contributed by atoms with Gasteiger partial charge < -0.3 is 15.0 Å². The van der Waals surface area contributed by atoms with Crippen LogP contribution < -0.4 is 19.3 Å². The summed E-state index contributed by atoms with van der Waals surface area (Å²) in [6, 6.07) is 16.9. The van der Waals surface area contributed by atoms with Crippen LogP contribution in [0, 0.1) is 0 Å². The van der Waals surface area contributed by atoms with Crippen molar-refractivity contribution in [3.63, 3.8) is 0 Å². The predicted octanol–water partition coefficient (Wildman–Crippen LogP) is 2.25. The summed E-state index contributed by atoms with van der Waals surface area (Å²) in [7, 11) is -1.50. The molecule has 1 N–H and O–H groups in total. The number of rotatable bonds is 8. The summed E-state index contributed by atoms with van der Waals surface area (Å²) in [4.78, 5) is 14.7. The minimum absolute atomic E-state index is 0.0249. The molecule has 3 rings (SSSR count). The summed E-state index contributed by atoms with van der Waals surface area (Å²) in [6.07, 6.45) is -0.115. The van der Waals surface area contributed by atoms with E-state index in [1.807, 2.05) is 37.4 Å². The Morgan fingerprint density at radius 3 is 2.59 bits per heavy atom. The van der Waals surface area contributed by atoms with Gasteiger partial charge in [0.15, 0.2) is 6.10 Å². The van der Waals surface area contributed by atoms with Crippen molar-refractivity contribution in [1.29, 1.82) is 0 Å². The Morgan fingerprint density at radius 1 is 1.17 bits per heavy atom. The van der Waals surface area contributed by atoms with Gasteiger partial charge in [-0.15, -0.1) is 0 Å². The molecule has 1 aliphatic rings. The molecule has 0 saturated heterocycles. The number of sulfonamides is 1. The summed E-state index contributed by atoms with van der Waals surface area (Å²) in [6.45, 7) is 2.84. The van der Waals surface area contributed by atoms with E-state index >= 15 is 0 Å². The minimum atomic E-state index is -3.50. The second kappa shape index (κ2) is 9.17. The van der Waals surface area contributed by atoms with Crippen molar-refractivity contribution in [2.45, 2.75) is 19.4 Å². The van der Waals surface area contributed by atoms with Gasteiger partial charge in [-0.25, -0.2) is 8.42 Å². The highest BCUT2D eigenvalue weighted by Gasteiger charge is 2.35. The van der Waals surface area contributed by atoms with Gasteiger partial charge in [-0.2, -0.15) is 0 Å². The van der Waals surface area contributed by atoms with E-state index in [0.717, 1.165) is 18.7 Å². The molecule has 0 radical (unpaired) electrons. The number of nitrogens with zero attached hydrogens (tertiary/aromatic N) is 2. The summed E-state index contributed by atoms with van der Waals surface area (Å²) in [5.74, 6) is 0.0551. The van der Waals surface area contributed by atoms with E-state index in [1.54, 1.807) is 31.2 Å². The monoisotopic (exact) mass is 417 g/mol. The second-order valence-corrected chi connectivity index (χ2v) is 9.09. The average molecular weight is 418 g/mol. The van der Waals surface area contributed by atoms with E-state index in [4.69, 9.17) is 4.74 Å². The maximum atomic E-state index is 12.6. The lowest BCUT2D eigenvalue weighted by molar-refractivity contribution is -0.127. The lowest BCUT2D eigenvalue weighted by Gasteiger charge is -2.34. The smallest absolute Gasteiger partial charge is 0.263 e. The molecule has 8 heteroatoms. The molecule has 2 aromatic rings. The molecule has 0 unspecified atom stereocenters. The Hall–Kier alpha value is -2.74. The highest BCUT2D eigenvalue weighted by atomic mass is 32.2. The summed E-state index contributed by atoms with van der Waals surface area (Å²) >= 11 is 0.